The fourth-order valence-electron chi connectivity index (χ4n) is 2.70. The number of hydrogen-bond acceptors (Lipinski definition) is 6. The highest BCUT2D eigenvalue weighted by atomic mass is 32.1. The van der Waals surface area contributed by atoms with Crippen LogP contribution in [0.4, 0.5) is 11.5 Å². The van der Waals surface area contributed by atoms with Gasteiger partial charge >= 0.3 is 0 Å². The van der Waals surface area contributed by atoms with E-state index in [9.17, 15) is 0 Å². The van der Waals surface area contributed by atoms with Crippen molar-refractivity contribution in [3.8, 4) is 11.3 Å². The first-order chi connectivity index (χ1) is 11.9. The zero-order valence-electron chi connectivity index (χ0n) is 12.4. The third-order valence-electron chi connectivity index (χ3n) is 3.85. The number of aromatic amines is 1. The molecule has 0 bridgehead atoms. The number of nitrogens with zero attached hydrogens (tertiary/aromatic N) is 3. The first-order valence-electron chi connectivity index (χ1n) is 7.36. The van der Waals surface area contributed by atoms with E-state index in [-0.39, 0.29) is 0 Å². The van der Waals surface area contributed by atoms with E-state index in [1.54, 1.807) is 17.5 Å². The van der Waals surface area contributed by atoms with Crippen LogP contribution in [0.3, 0.4) is 0 Å². The van der Waals surface area contributed by atoms with Crippen LogP contribution in [0.5, 0.6) is 0 Å². The Kier molecular flexibility index (Phi) is 2.86. The Balaban J connectivity index is 1.54. The summed E-state index contributed by atoms with van der Waals surface area (Å²) >= 11 is 1.64. The molecule has 4 heterocycles. The Bertz CT molecular complexity index is 1140. The maximum atomic E-state index is 5.49. The highest BCUT2D eigenvalue weighted by molar-refractivity contribution is 7.08. The van der Waals surface area contributed by atoms with Crippen molar-refractivity contribution in [3.05, 3.63) is 53.4 Å². The van der Waals surface area contributed by atoms with Gasteiger partial charge in [-0.05, 0) is 35.7 Å². The number of rotatable bonds is 3. The predicted octanol–water partition coefficient (Wildman–Crippen LogP) is 4.57. The Morgan fingerprint density at radius 3 is 3.08 bits per heavy atom. The van der Waals surface area contributed by atoms with Crippen LogP contribution < -0.4 is 5.32 Å². The van der Waals surface area contributed by atoms with Crippen molar-refractivity contribution in [2.24, 2.45) is 0 Å². The van der Waals surface area contributed by atoms with Crippen molar-refractivity contribution in [1.29, 1.82) is 0 Å². The maximum absolute atomic E-state index is 5.49. The van der Waals surface area contributed by atoms with Crippen molar-refractivity contribution >= 4 is 44.8 Å². The van der Waals surface area contributed by atoms with E-state index in [0.717, 1.165) is 38.9 Å². The van der Waals surface area contributed by atoms with Crippen LogP contribution in [-0.2, 0) is 0 Å². The molecule has 0 atom stereocenters. The summed E-state index contributed by atoms with van der Waals surface area (Å²) in [6.07, 6.45) is 1.75. The van der Waals surface area contributed by atoms with E-state index in [0.29, 0.717) is 5.82 Å². The van der Waals surface area contributed by atoms with E-state index >= 15 is 0 Å². The second-order valence-corrected chi connectivity index (χ2v) is 6.13. The molecule has 5 aromatic rings. The molecule has 116 valence electrons. The zero-order chi connectivity index (χ0) is 15.9. The number of thiophene rings is 1. The van der Waals surface area contributed by atoms with Gasteiger partial charge in [-0.2, -0.15) is 16.4 Å². The Morgan fingerprint density at radius 2 is 2.17 bits per heavy atom. The summed E-state index contributed by atoms with van der Waals surface area (Å²) in [4.78, 5) is 4.35. The fourth-order valence-corrected chi connectivity index (χ4v) is 3.34. The molecule has 1 aromatic carbocycles. The molecule has 0 saturated heterocycles. The Labute approximate surface area is 140 Å². The quantitative estimate of drug-likeness (QED) is 0.505. The summed E-state index contributed by atoms with van der Waals surface area (Å²) in [6, 6.07) is 11.8. The summed E-state index contributed by atoms with van der Waals surface area (Å²) in [7, 11) is 0. The topological polar surface area (TPSA) is 79.6 Å². The summed E-state index contributed by atoms with van der Waals surface area (Å²) in [5, 5.41) is 19.8. The molecule has 0 aliphatic carbocycles. The van der Waals surface area contributed by atoms with E-state index < -0.39 is 0 Å². The molecular weight excluding hydrogens is 322 g/mol. The lowest BCUT2D eigenvalue weighted by Crippen LogP contribution is -1.91. The van der Waals surface area contributed by atoms with Gasteiger partial charge in [0.15, 0.2) is 11.4 Å². The molecule has 4 aromatic heterocycles. The monoisotopic (exact) mass is 333 g/mol. The molecule has 0 saturated carbocycles. The predicted molar refractivity (Wildman–Crippen MR) is 94.5 cm³/mol. The van der Waals surface area contributed by atoms with Crippen LogP contribution in [0.1, 0.15) is 0 Å². The van der Waals surface area contributed by atoms with Crippen molar-refractivity contribution in [3.63, 3.8) is 0 Å². The Hall–Kier alpha value is -3.19. The molecule has 2 N–H and O–H groups in total. The highest BCUT2D eigenvalue weighted by Crippen LogP contribution is 2.32. The third kappa shape index (κ3) is 2.06. The number of hydrogen-bond donors (Lipinski definition) is 2. The van der Waals surface area contributed by atoms with Crippen molar-refractivity contribution < 1.29 is 4.52 Å². The largest absolute Gasteiger partial charge is 0.356 e. The molecule has 0 fully saturated rings. The van der Waals surface area contributed by atoms with Gasteiger partial charge in [0.05, 0.1) is 5.52 Å². The molecule has 0 unspecified atom stereocenters. The van der Waals surface area contributed by atoms with Crippen molar-refractivity contribution in [2.45, 2.75) is 0 Å². The summed E-state index contributed by atoms with van der Waals surface area (Å²) in [5.74, 6) is 0.683. The molecule has 0 amide bonds. The molecular formula is C17H11N5OS. The molecule has 0 aliphatic heterocycles. The van der Waals surface area contributed by atoms with E-state index in [2.05, 4.69) is 31.0 Å². The van der Waals surface area contributed by atoms with Crippen molar-refractivity contribution in [2.75, 3.05) is 5.32 Å². The summed E-state index contributed by atoms with van der Waals surface area (Å²) in [5.41, 5.74) is 5.23. The molecule has 7 heteroatoms. The summed E-state index contributed by atoms with van der Waals surface area (Å²) < 4.78 is 5.49. The van der Waals surface area contributed by atoms with Crippen LogP contribution in [0, 0.1) is 0 Å². The number of aromatic nitrogens is 4. The van der Waals surface area contributed by atoms with Crippen LogP contribution in [0.15, 0.2) is 57.9 Å². The Morgan fingerprint density at radius 1 is 1.17 bits per heavy atom. The molecule has 0 spiro atoms. The van der Waals surface area contributed by atoms with E-state index in [1.165, 1.54) is 0 Å². The molecule has 24 heavy (non-hydrogen) atoms. The van der Waals surface area contributed by atoms with Crippen LogP contribution >= 0.6 is 11.3 Å². The first-order valence-corrected chi connectivity index (χ1v) is 8.31. The number of fused-ring (bicyclic) bond motifs is 2. The van der Waals surface area contributed by atoms with Crippen molar-refractivity contribution in [1.82, 2.24) is 20.3 Å². The van der Waals surface area contributed by atoms with Gasteiger partial charge < -0.3 is 9.84 Å². The lowest BCUT2D eigenvalue weighted by atomic mass is 10.1. The van der Waals surface area contributed by atoms with Gasteiger partial charge in [0.1, 0.15) is 11.2 Å². The minimum atomic E-state index is 0.683. The van der Waals surface area contributed by atoms with E-state index in [1.807, 2.05) is 41.8 Å². The van der Waals surface area contributed by atoms with Gasteiger partial charge in [-0.3, -0.25) is 10.1 Å². The fraction of sp³-hybridized carbons (Fsp3) is 0. The standard InChI is InChI=1S/C17H11N5OS/c1-2-13-16(18-6-1)17(21-20-13)19-11-3-4-12-14(8-11)23-22-15(12)10-5-7-24-9-10/h1-9H,(H2,19,20,21). The number of H-pyrrole nitrogens is 1. The van der Waals surface area contributed by atoms with Gasteiger partial charge in [-0.15, -0.1) is 0 Å². The average Bonchev–Trinajstić information content (AvgIpc) is 3.34. The SMILES string of the molecule is c1cnc2c(Nc3ccc4c(-c5ccsc5)noc4c3)n[nH]c2c1. The van der Waals surface area contributed by atoms with Gasteiger partial charge in [-0.25, -0.2) is 0 Å². The second kappa shape index (κ2) is 5.17. The van der Waals surface area contributed by atoms with Gasteiger partial charge in [-0.1, -0.05) is 5.16 Å². The lowest BCUT2D eigenvalue weighted by Gasteiger charge is -2.02. The molecule has 0 aliphatic rings. The van der Waals surface area contributed by atoms with Crippen LogP contribution in [0.25, 0.3) is 33.3 Å². The minimum absolute atomic E-state index is 0.683. The number of pyridine rings is 1. The maximum Gasteiger partial charge on any atom is 0.178 e. The summed E-state index contributed by atoms with van der Waals surface area (Å²) in [6.45, 7) is 0. The second-order valence-electron chi connectivity index (χ2n) is 5.35. The average molecular weight is 333 g/mol. The lowest BCUT2D eigenvalue weighted by molar-refractivity contribution is 0.459. The molecule has 6 nitrogen and oxygen atoms in total. The van der Waals surface area contributed by atoms with Crippen LogP contribution in [0.2, 0.25) is 0 Å². The zero-order valence-corrected chi connectivity index (χ0v) is 13.2. The normalized spacial score (nSPS) is 11.3. The minimum Gasteiger partial charge on any atom is -0.356 e. The van der Waals surface area contributed by atoms with Gasteiger partial charge in [0, 0.05) is 34.3 Å². The smallest absolute Gasteiger partial charge is 0.178 e. The number of benzene rings is 1. The molecule has 5 rings (SSSR count). The number of anilines is 2. The van der Waals surface area contributed by atoms with Crippen LogP contribution in [-0.4, -0.2) is 20.3 Å². The third-order valence-corrected chi connectivity index (χ3v) is 4.53. The molecule has 0 radical (unpaired) electrons. The number of nitrogens with one attached hydrogen (secondary N) is 2. The van der Waals surface area contributed by atoms with E-state index in [4.69, 9.17) is 4.52 Å². The van der Waals surface area contributed by atoms with Gasteiger partial charge in [0.25, 0.3) is 0 Å². The van der Waals surface area contributed by atoms with Gasteiger partial charge in [0.2, 0.25) is 0 Å². The highest BCUT2D eigenvalue weighted by Gasteiger charge is 2.12. The first kappa shape index (κ1) is 13.3.